The summed E-state index contributed by atoms with van der Waals surface area (Å²) in [5.41, 5.74) is 6.60. The lowest BCUT2D eigenvalue weighted by atomic mass is 9.54. The van der Waals surface area contributed by atoms with Crippen LogP contribution in [0, 0.1) is 5.41 Å². The summed E-state index contributed by atoms with van der Waals surface area (Å²) in [6.07, 6.45) is 0.582. The van der Waals surface area contributed by atoms with Gasteiger partial charge >= 0.3 is 0 Å². The second-order valence-corrected chi connectivity index (χ2v) is 8.30. The Bertz CT molecular complexity index is 785. The quantitative estimate of drug-likeness (QED) is 0.650. The van der Waals surface area contributed by atoms with E-state index in [4.69, 9.17) is 15.2 Å². The highest BCUT2D eigenvalue weighted by Gasteiger charge is 2.62. The van der Waals surface area contributed by atoms with Crippen LogP contribution < -0.4 is 21.1 Å². The Balaban J connectivity index is 0.00000300. The van der Waals surface area contributed by atoms with Crippen LogP contribution in [0.4, 0.5) is 5.69 Å². The fourth-order valence-corrected chi connectivity index (χ4v) is 3.93. The minimum atomic E-state index is -0.965. The van der Waals surface area contributed by atoms with Crippen LogP contribution in [0.1, 0.15) is 59.1 Å². The van der Waals surface area contributed by atoms with E-state index >= 15 is 0 Å². The van der Waals surface area contributed by atoms with Gasteiger partial charge in [0, 0.05) is 18.4 Å². The second kappa shape index (κ2) is 8.50. The van der Waals surface area contributed by atoms with E-state index in [0.29, 0.717) is 30.9 Å². The Hall–Kier alpha value is -1.83. The molecule has 162 valence electrons. The number of hydrogen-bond donors (Lipinski definition) is 3. The Labute approximate surface area is 178 Å². The van der Waals surface area contributed by atoms with Gasteiger partial charge < -0.3 is 25.8 Å². The molecule has 0 radical (unpaired) electrons. The molecule has 7 nitrogen and oxygen atoms in total. The third-order valence-corrected chi connectivity index (χ3v) is 6.28. The SMILES string of the molecule is CCOC1CC(N)(C(=O)NC(C)c2ccc3c(c2)OC(CC)C(=O)N3)C1(C)C.Cl. The molecule has 0 saturated heterocycles. The molecule has 1 saturated carbocycles. The van der Waals surface area contributed by atoms with Crippen molar-refractivity contribution in [1.29, 1.82) is 0 Å². The van der Waals surface area contributed by atoms with E-state index in [1.165, 1.54) is 0 Å². The normalized spacial score (nSPS) is 28.0. The fraction of sp³-hybridized carbons (Fsp3) is 0.619. The fourth-order valence-electron chi connectivity index (χ4n) is 3.93. The van der Waals surface area contributed by atoms with Crippen molar-refractivity contribution >= 4 is 29.9 Å². The molecular weight excluding hydrogens is 394 g/mol. The van der Waals surface area contributed by atoms with Gasteiger partial charge in [0.2, 0.25) is 5.91 Å². The van der Waals surface area contributed by atoms with E-state index in [1.807, 2.05) is 46.8 Å². The predicted molar refractivity (Wildman–Crippen MR) is 114 cm³/mol. The molecule has 1 aliphatic carbocycles. The van der Waals surface area contributed by atoms with Gasteiger partial charge in [-0.25, -0.2) is 0 Å². The number of anilines is 1. The number of carbonyl (C=O) groups is 2. The summed E-state index contributed by atoms with van der Waals surface area (Å²) >= 11 is 0. The molecule has 8 heteroatoms. The van der Waals surface area contributed by atoms with E-state index in [0.717, 1.165) is 5.56 Å². The molecule has 0 aromatic heterocycles. The van der Waals surface area contributed by atoms with Crippen LogP contribution in [0.5, 0.6) is 5.75 Å². The van der Waals surface area contributed by atoms with E-state index in [2.05, 4.69) is 10.6 Å². The number of amides is 2. The predicted octanol–water partition coefficient (Wildman–Crippen LogP) is 2.93. The van der Waals surface area contributed by atoms with E-state index < -0.39 is 17.1 Å². The monoisotopic (exact) mass is 425 g/mol. The zero-order valence-corrected chi connectivity index (χ0v) is 18.5. The van der Waals surface area contributed by atoms with Crippen molar-refractivity contribution in [1.82, 2.24) is 5.32 Å². The first-order chi connectivity index (χ1) is 13.1. The van der Waals surface area contributed by atoms with Crippen molar-refractivity contribution < 1.29 is 19.1 Å². The van der Waals surface area contributed by atoms with Crippen molar-refractivity contribution in [3.8, 4) is 5.75 Å². The molecule has 3 rings (SSSR count). The highest BCUT2D eigenvalue weighted by Crippen LogP contribution is 2.50. The van der Waals surface area contributed by atoms with Gasteiger partial charge in [0.15, 0.2) is 6.10 Å². The Morgan fingerprint density at radius 1 is 1.41 bits per heavy atom. The maximum absolute atomic E-state index is 12.9. The number of nitrogens with one attached hydrogen (secondary N) is 2. The molecule has 0 spiro atoms. The topological polar surface area (TPSA) is 103 Å². The number of carbonyl (C=O) groups excluding carboxylic acids is 2. The molecule has 0 bridgehead atoms. The summed E-state index contributed by atoms with van der Waals surface area (Å²) in [5, 5.41) is 5.89. The summed E-state index contributed by atoms with van der Waals surface area (Å²) < 4.78 is 11.5. The maximum atomic E-state index is 12.9. The number of ether oxygens (including phenoxy) is 2. The molecule has 1 aromatic carbocycles. The lowest BCUT2D eigenvalue weighted by Gasteiger charge is -2.57. The zero-order valence-electron chi connectivity index (χ0n) is 17.7. The molecule has 2 amide bonds. The van der Waals surface area contributed by atoms with Crippen molar-refractivity contribution in [3.05, 3.63) is 23.8 Å². The first-order valence-corrected chi connectivity index (χ1v) is 9.97. The Morgan fingerprint density at radius 3 is 2.69 bits per heavy atom. The lowest BCUT2D eigenvalue weighted by Crippen LogP contribution is -2.75. The highest BCUT2D eigenvalue weighted by molar-refractivity contribution is 5.97. The Morgan fingerprint density at radius 2 is 2.10 bits per heavy atom. The summed E-state index contributed by atoms with van der Waals surface area (Å²) in [6, 6.07) is 5.29. The van der Waals surface area contributed by atoms with Gasteiger partial charge in [-0.1, -0.05) is 26.8 Å². The van der Waals surface area contributed by atoms with Crippen molar-refractivity contribution in [3.63, 3.8) is 0 Å². The van der Waals surface area contributed by atoms with E-state index in [1.54, 1.807) is 6.07 Å². The Kier molecular flexibility index (Phi) is 6.87. The van der Waals surface area contributed by atoms with Gasteiger partial charge in [0.1, 0.15) is 11.3 Å². The number of benzene rings is 1. The smallest absolute Gasteiger partial charge is 0.265 e. The van der Waals surface area contributed by atoms with Crippen LogP contribution in [0.15, 0.2) is 18.2 Å². The molecule has 1 aliphatic heterocycles. The van der Waals surface area contributed by atoms with Gasteiger partial charge in [0.25, 0.3) is 5.91 Å². The van der Waals surface area contributed by atoms with E-state index in [9.17, 15) is 9.59 Å². The summed E-state index contributed by atoms with van der Waals surface area (Å²) in [7, 11) is 0. The molecule has 4 atom stereocenters. The van der Waals surface area contributed by atoms with Crippen LogP contribution in [-0.2, 0) is 14.3 Å². The van der Waals surface area contributed by atoms with Gasteiger partial charge in [-0.3, -0.25) is 9.59 Å². The molecule has 1 fully saturated rings. The number of rotatable bonds is 6. The van der Waals surface area contributed by atoms with Crippen molar-refractivity contribution in [2.45, 2.75) is 71.2 Å². The van der Waals surface area contributed by atoms with Gasteiger partial charge in [-0.05, 0) is 38.0 Å². The van der Waals surface area contributed by atoms with Crippen molar-refractivity contribution in [2.24, 2.45) is 11.1 Å². The average Bonchev–Trinajstić information content (AvgIpc) is 2.66. The molecule has 2 aliphatic rings. The van der Waals surface area contributed by atoms with Crippen LogP contribution in [0.3, 0.4) is 0 Å². The number of nitrogens with two attached hydrogens (primary N) is 1. The minimum absolute atomic E-state index is 0. The largest absolute Gasteiger partial charge is 0.478 e. The highest BCUT2D eigenvalue weighted by atomic mass is 35.5. The first-order valence-electron chi connectivity index (χ1n) is 9.97. The van der Waals surface area contributed by atoms with Crippen LogP contribution in [0.2, 0.25) is 0 Å². The third kappa shape index (κ3) is 3.96. The van der Waals surface area contributed by atoms with Gasteiger partial charge in [0.05, 0.1) is 17.8 Å². The third-order valence-electron chi connectivity index (χ3n) is 6.28. The van der Waals surface area contributed by atoms with Gasteiger partial charge in [-0.15, -0.1) is 12.4 Å². The van der Waals surface area contributed by atoms with Crippen LogP contribution in [0.25, 0.3) is 0 Å². The number of halogens is 1. The molecule has 4 unspecified atom stereocenters. The summed E-state index contributed by atoms with van der Waals surface area (Å²) in [4.78, 5) is 24.9. The number of hydrogen-bond acceptors (Lipinski definition) is 5. The van der Waals surface area contributed by atoms with Crippen LogP contribution in [-0.4, -0.2) is 36.2 Å². The maximum Gasteiger partial charge on any atom is 0.265 e. The summed E-state index contributed by atoms with van der Waals surface area (Å²) in [5.74, 6) is 0.303. The second-order valence-electron chi connectivity index (χ2n) is 8.30. The molecule has 4 N–H and O–H groups in total. The molecule has 1 aromatic rings. The lowest BCUT2D eigenvalue weighted by molar-refractivity contribution is -0.171. The van der Waals surface area contributed by atoms with Crippen molar-refractivity contribution in [2.75, 3.05) is 11.9 Å². The minimum Gasteiger partial charge on any atom is -0.478 e. The average molecular weight is 426 g/mol. The first kappa shape index (κ1) is 23.4. The van der Waals surface area contributed by atoms with Crippen LogP contribution >= 0.6 is 12.4 Å². The summed E-state index contributed by atoms with van der Waals surface area (Å²) in [6.45, 7) is 10.3. The number of fused-ring (bicyclic) bond motifs is 1. The molecule has 29 heavy (non-hydrogen) atoms. The molecule has 1 heterocycles. The molecular formula is C21H32ClN3O4. The zero-order chi connectivity index (χ0) is 20.7. The van der Waals surface area contributed by atoms with E-state index in [-0.39, 0.29) is 36.4 Å². The standard InChI is InChI=1S/C21H31N3O4.ClH/c1-6-15-18(25)24-14-9-8-13(10-16(14)28-15)12(3)23-19(26)21(22)11-17(27-7-2)20(21,4)5;/h8-10,12,15,17H,6-7,11,22H2,1-5H3,(H,23,26)(H,24,25);1H. The van der Waals surface area contributed by atoms with Gasteiger partial charge in [-0.2, -0.15) is 0 Å².